The van der Waals surface area contributed by atoms with E-state index in [0.29, 0.717) is 23.6 Å². The molecule has 2 fully saturated rings. The highest BCUT2D eigenvalue weighted by molar-refractivity contribution is 5.99. The third-order valence-electron chi connectivity index (χ3n) is 6.72. The van der Waals surface area contributed by atoms with Crippen molar-refractivity contribution in [1.29, 1.82) is 0 Å². The van der Waals surface area contributed by atoms with E-state index < -0.39 is 5.72 Å². The molecular weight excluding hydrogens is 390 g/mol. The van der Waals surface area contributed by atoms with Crippen LogP contribution in [0.25, 0.3) is 0 Å². The Morgan fingerprint density at radius 2 is 2.06 bits per heavy atom. The Balaban J connectivity index is 1.47. The zero-order chi connectivity index (χ0) is 21.8. The predicted molar refractivity (Wildman–Crippen MR) is 119 cm³/mol. The van der Waals surface area contributed by atoms with Gasteiger partial charge in [-0.3, -0.25) is 9.69 Å². The number of urea groups is 1. The highest BCUT2D eigenvalue weighted by atomic mass is 16.5. The molecule has 0 aromatic heterocycles. The molecule has 3 atom stereocenters. The van der Waals surface area contributed by atoms with Crippen LogP contribution in [0.15, 0.2) is 42.5 Å². The van der Waals surface area contributed by atoms with Crippen molar-refractivity contribution in [2.24, 2.45) is 5.92 Å². The maximum absolute atomic E-state index is 13.2. The van der Waals surface area contributed by atoms with E-state index in [1.807, 2.05) is 55.1 Å². The Morgan fingerprint density at radius 1 is 1.23 bits per heavy atom. The zero-order valence-corrected chi connectivity index (χ0v) is 18.4. The van der Waals surface area contributed by atoms with E-state index in [2.05, 4.69) is 18.3 Å². The number of ether oxygens (including phenoxy) is 1. The van der Waals surface area contributed by atoms with Crippen molar-refractivity contribution in [3.05, 3.63) is 59.2 Å². The van der Waals surface area contributed by atoms with Crippen LogP contribution in [0.5, 0.6) is 5.75 Å². The minimum absolute atomic E-state index is 0.0271. The molecule has 2 bridgehead atoms. The summed E-state index contributed by atoms with van der Waals surface area (Å²) in [5.41, 5.74) is 2.62. The number of nitrogens with one attached hydrogen (secondary N) is 1. The number of carbonyl (C=O) groups excluding carboxylic acids is 2. The number of fused-ring (bicyclic) bond motifs is 4. The summed E-state index contributed by atoms with van der Waals surface area (Å²) in [7, 11) is 0. The molecule has 6 nitrogen and oxygen atoms in total. The molecule has 162 valence electrons. The van der Waals surface area contributed by atoms with Crippen molar-refractivity contribution < 1.29 is 14.3 Å². The molecule has 0 spiro atoms. The van der Waals surface area contributed by atoms with Gasteiger partial charge in [-0.1, -0.05) is 30.7 Å². The Kier molecular flexibility index (Phi) is 4.68. The van der Waals surface area contributed by atoms with Crippen LogP contribution in [0.2, 0.25) is 0 Å². The molecule has 2 saturated heterocycles. The number of nitrogens with zero attached hydrogens (tertiary/aromatic N) is 2. The van der Waals surface area contributed by atoms with Crippen LogP contribution in [-0.2, 0) is 0 Å². The molecule has 3 amide bonds. The Labute approximate surface area is 183 Å². The first-order chi connectivity index (χ1) is 14.8. The Hall–Kier alpha value is -3.02. The van der Waals surface area contributed by atoms with Gasteiger partial charge in [0.25, 0.3) is 5.91 Å². The lowest BCUT2D eigenvalue weighted by Crippen LogP contribution is -2.65. The number of likely N-dealkylation sites (tertiary alicyclic amines) is 1. The van der Waals surface area contributed by atoms with E-state index in [1.165, 1.54) is 0 Å². The van der Waals surface area contributed by atoms with Crippen molar-refractivity contribution in [2.75, 3.05) is 18.0 Å². The van der Waals surface area contributed by atoms with Gasteiger partial charge in [0, 0.05) is 30.6 Å². The van der Waals surface area contributed by atoms with E-state index in [4.69, 9.17) is 4.74 Å². The molecule has 0 saturated carbocycles. The van der Waals surface area contributed by atoms with Crippen molar-refractivity contribution in [1.82, 2.24) is 10.2 Å². The lowest BCUT2D eigenvalue weighted by atomic mass is 9.89. The second-order valence-corrected chi connectivity index (χ2v) is 9.41. The quantitative estimate of drug-likeness (QED) is 0.772. The van der Waals surface area contributed by atoms with Crippen LogP contribution in [0, 0.1) is 12.8 Å². The molecular formula is C25H29N3O3. The summed E-state index contributed by atoms with van der Waals surface area (Å²) in [4.78, 5) is 29.9. The molecule has 6 heteroatoms. The second-order valence-electron chi connectivity index (χ2n) is 9.41. The van der Waals surface area contributed by atoms with Gasteiger partial charge in [-0.25, -0.2) is 4.79 Å². The number of hydrogen-bond acceptors (Lipinski definition) is 3. The molecule has 0 unspecified atom stereocenters. The fourth-order valence-electron chi connectivity index (χ4n) is 5.22. The van der Waals surface area contributed by atoms with Gasteiger partial charge in [-0.15, -0.1) is 0 Å². The maximum atomic E-state index is 13.2. The second kappa shape index (κ2) is 7.29. The fourth-order valence-corrected chi connectivity index (χ4v) is 5.22. The van der Waals surface area contributed by atoms with Gasteiger partial charge in [0.2, 0.25) is 0 Å². The summed E-state index contributed by atoms with van der Waals surface area (Å²) < 4.78 is 6.38. The van der Waals surface area contributed by atoms with Gasteiger partial charge in [0.05, 0.1) is 11.7 Å². The zero-order valence-electron chi connectivity index (χ0n) is 18.4. The highest BCUT2D eigenvalue weighted by Crippen LogP contribution is 2.45. The van der Waals surface area contributed by atoms with E-state index in [9.17, 15) is 9.59 Å². The number of carbonyl (C=O) groups is 2. The van der Waals surface area contributed by atoms with Gasteiger partial charge >= 0.3 is 6.03 Å². The number of amides is 3. The van der Waals surface area contributed by atoms with Crippen molar-refractivity contribution in [3.8, 4) is 5.75 Å². The molecule has 3 aliphatic rings. The highest BCUT2D eigenvalue weighted by Gasteiger charge is 2.50. The molecule has 3 aliphatic heterocycles. The SMILES string of the molecule is Cc1ccc2c(c1)[C@H]1C[C@@](C)(O2)N(c2cccc(C(=O)N3CCC[C@H](C)C3)c2)C(=O)N1. The topological polar surface area (TPSA) is 61.9 Å². The first-order valence-corrected chi connectivity index (χ1v) is 11.1. The number of hydrogen-bond donors (Lipinski definition) is 1. The molecule has 1 N–H and O–H groups in total. The lowest BCUT2D eigenvalue weighted by Gasteiger charge is -2.50. The fraction of sp³-hybridized carbons (Fsp3) is 0.440. The normalized spacial score (nSPS) is 27.3. The third kappa shape index (κ3) is 3.44. The van der Waals surface area contributed by atoms with Gasteiger partial charge in [0.1, 0.15) is 5.75 Å². The van der Waals surface area contributed by atoms with Crippen LogP contribution in [0.3, 0.4) is 0 Å². The largest absolute Gasteiger partial charge is 0.467 e. The predicted octanol–water partition coefficient (Wildman–Crippen LogP) is 4.64. The minimum atomic E-state index is -0.823. The molecule has 2 aromatic carbocycles. The molecule has 3 heterocycles. The van der Waals surface area contributed by atoms with Gasteiger partial charge in [0.15, 0.2) is 5.72 Å². The van der Waals surface area contributed by atoms with Crippen molar-refractivity contribution in [3.63, 3.8) is 0 Å². The number of benzene rings is 2. The molecule has 31 heavy (non-hydrogen) atoms. The molecule has 0 aliphatic carbocycles. The van der Waals surface area contributed by atoms with Crippen LogP contribution in [0.4, 0.5) is 10.5 Å². The van der Waals surface area contributed by atoms with E-state index >= 15 is 0 Å². The van der Waals surface area contributed by atoms with Crippen LogP contribution in [-0.4, -0.2) is 35.7 Å². The molecule has 2 aromatic rings. The number of rotatable bonds is 2. The summed E-state index contributed by atoms with van der Waals surface area (Å²) in [6.07, 6.45) is 2.83. The average molecular weight is 420 g/mol. The first kappa shape index (κ1) is 19.9. The van der Waals surface area contributed by atoms with E-state index in [0.717, 1.165) is 42.8 Å². The minimum Gasteiger partial charge on any atom is -0.467 e. The number of anilines is 1. The van der Waals surface area contributed by atoms with Crippen molar-refractivity contribution >= 4 is 17.6 Å². The smallest absolute Gasteiger partial charge is 0.325 e. The standard InChI is InChI=1S/C25H29N3O3/c1-16-9-10-22-20(12-16)21-14-25(3,31-22)28(24(30)26-21)19-8-4-7-18(13-19)23(29)27-11-5-6-17(2)15-27/h4,7-10,12-13,17,21H,5-6,11,14-15H2,1-3H3,(H,26,30)/t17-,21+,25+/m0/s1. The summed E-state index contributed by atoms with van der Waals surface area (Å²) in [6, 6.07) is 13.1. The summed E-state index contributed by atoms with van der Waals surface area (Å²) in [6.45, 7) is 7.74. The van der Waals surface area contributed by atoms with Gasteiger partial charge in [-0.05, 0) is 56.9 Å². The first-order valence-electron chi connectivity index (χ1n) is 11.1. The van der Waals surface area contributed by atoms with Crippen molar-refractivity contribution in [2.45, 2.75) is 51.8 Å². The molecule has 0 radical (unpaired) electrons. The molecule has 5 rings (SSSR count). The van der Waals surface area contributed by atoms with E-state index in [1.54, 1.807) is 4.90 Å². The average Bonchev–Trinajstić information content (AvgIpc) is 2.73. The number of piperidine rings is 1. The van der Waals surface area contributed by atoms with Gasteiger partial charge < -0.3 is 15.0 Å². The summed E-state index contributed by atoms with van der Waals surface area (Å²) >= 11 is 0. The summed E-state index contributed by atoms with van der Waals surface area (Å²) in [5.74, 6) is 1.34. The Morgan fingerprint density at radius 3 is 2.87 bits per heavy atom. The van der Waals surface area contributed by atoms with Gasteiger partial charge in [-0.2, -0.15) is 0 Å². The third-order valence-corrected chi connectivity index (χ3v) is 6.72. The summed E-state index contributed by atoms with van der Waals surface area (Å²) in [5, 5.41) is 3.13. The lowest BCUT2D eigenvalue weighted by molar-refractivity contribution is 0.0377. The monoisotopic (exact) mass is 419 g/mol. The van der Waals surface area contributed by atoms with Crippen LogP contribution < -0.4 is 15.0 Å². The Bertz CT molecular complexity index is 1050. The number of aryl methyl sites for hydroxylation is 1. The van der Waals surface area contributed by atoms with E-state index in [-0.39, 0.29) is 18.0 Å². The van der Waals surface area contributed by atoms with Crippen LogP contribution in [0.1, 0.15) is 60.6 Å². The maximum Gasteiger partial charge on any atom is 0.325 e. The van der Waals surface area contributed by atoms with Crippen LogP contribution >= 0.6 is 0 Å².